The zero-order valence-electron chi connectivity index (χ0n) is 16.3. The highest BCUT2D eigenvalue weighted by Crippen LogP contribution is 2.21. The van der Waals surface area contributed by atoms with E-state index in [1.165, 1.54) is 6.08 Å². The molecule has 0 atom stereocenters. The average Bonchev–Trinajstić information content (AvgIpc) is 2.68. The molecule has 0 radical (unpaired) electrons. The van der Waals surface area contributed by atoms with E-state index in [4.69, 9.17) is 4.74 Å². The lowest BCUT2D eigenvalue weighted by Gasteiger charge is -2.18. The number of hydrogen-bond acceptors (Lipinski definition) is 3. The maximum atomic E-state index is 12.3. The van der Waals surface area contributed by atoms with Crippen LogP contribution in [0.4, 0.5) is 5.69 Å². The van der Waals surface area contributed by atoms with Crippen molar-refractivity contribution in [3.05, 3.63) is 65.2 Å². The molecule has 0 saturated carbocycles. The fraction of sp³-hybridized carbons (Fsp3) is 0.273. The lowest BCUT2D eigenvalue weighted by Crippen LogP contribution is -2.30. The zero-order valence-corrected chi connectivity index (χ0v) is 16.3. The maximum Gasteiger partial charge on any atom is 0.253 e. The molecule has 0 aromatic heterocycles. The van der Waals surface area contributed by atoms with E-state index in [0.29, 0.717) is 30.1 Å². The molecule has 0 aliphatic heterocycles. The van der Waals surface area contributed by atoms with Crippen molar-refractivity contribution in [2.24, 2.45) is 0 Å². The second-order valence-corrected chi connectivity index (χ2v) is 6.12. The van der Waals surface area contributed by atoms with E-state index in [0.717, 1.165) is 11.1 Å². The summed E-state index contributed by atoms with van der Waals surface area (Å²) in [4.78, 5) is 26.2. The third-order valence-corrected chi connectivity index (χ3v) is 4.25. The summed E-state index contributed by atoms with van der Waals surface area (Å²) in [6.07, 6.45) is 3.19. The molecule has 5 heteroatoms. The molecule has 0 aliphatic rings. The summed E-state index contributed by atoms with van der Waals surface area (Å²) < 4.78 is 5.31. The molecule has 0 unspecified atom stereocenters. The molecule has 0 aliphatic carbocycles. The van der Waals surface area contributed by atoms with Crippen LogP contribution in [0.2, 0.25) is 0 Å². The van der Waals surface area contributed by atoms with Crippen molar-refractivity contribution in [3.63, 3.8) is 0 Å². The second-order valence-electron chi connectivity index (χ2n) is 6.12. The van der Waals surface area contributed by atoms with E-state index in [9.17, 15) is 9.59 Å². The Morgan fingerprint density at radius 3 is 2.33 bits per heavy atom. The molecule has 0 fully saturated rings. The molecule has 27 heavy (non-hydrogen) atoms. The van der Waals surface area contributed by atoms with Crippen LogP contribution in [0.15, 0.2) is 48.5 Å². The van der Waals surface area contributed by atoms with Gasteiger partial charge >= 0.3 is 0 Å². The fourth-order valence-electron chi connectivity index (χ4n) is 2.72. The van der Waals surface area contributed by atoms with E-state index in [-0.39, 0.29) is 11.8 Å². The highest BCUT2D eigenvalue weighted by Gasteiger charge is 2.12. The normalized spacial score (nSPS) is 10.7. The van der Waals surface area contributed by atoms with Crippen LogP contribution in [0.25, 0.3) is 6.08 Å². The van der Waals surface area contributed by atoms with Gasteiger partial charge in [0.05, 0.1) is 7.11 Å². The van der Waals surface area contributed by atoms with Crippen LogP contribution < -0.4 is 10.1 Å². The van der Waals surface area contributed by atoms with E-state index in [1.54, 1.807) is 42.4 Å². The number of aryl methyl sites for hydroxylation is 1. The molecule has 0 spiro atoms. The molecule has 142 valence electrons. The molecule has 0 bridgehead atoms. The standard InChI is InChI=1S/C22H26N2O3/c1-5-24(6-2)22(26)17-8-11-19(12-9-17)23-21(25)14-10-18-15-16(3)7-13-20(18)27-4/h7-15H,5-6H2,1-4H3,(H,23,25)/b14-10+. The Kier molecular flexibility index (Phi) is 7.17. The first-order chi connectivity index (χ1) is 13.0. The van der Waals surface area contributed by atoms with E-state index in [2.05, 4.69) is 5.32 Å². The predicted octanol–water partition coefficient (Wildman–Crippen LogP) is 4.14. The van der Waals surface area contributed by atoms with Crippen LogP contribution in [-0.4, -0.2) is 36.9 Å². The number of nitrogens with zero attached hydrogens (tertiary/aromatic N) is 1. The number of carbonyl (C=O) groups excluding carboxylic acids is 2. The first-order valence-corrected chi connectivity index (χ1v) is 9.01. The number of nitrogens with one attached hydrogen (secondary N) is 1. The number of hydrogen-bond donors (Lipinski definition) is 1. The molecular weight excluding hydrogens is 340 g/mol. The highest BCUT2D eigenvalue weighted by molar-refractivity contribution is 6.02. The van der Waals surface area contributed by atoms with Crippen molar-refractivity contribution in [3.8, 4) is 5.75 Å². The summed E-state index contributed by atoms with van der Waals surface area (Å²) in [6, 6.07) is 12.7. The van der Waals surface area contributed by atoms with Gasteiger partial charge in [-0.1, -0.05) is 11.6 Å². The fourth-order valence-corrected chi connectivity index (χ4v) is 2.72. The summed E-state index contributed by atoms with van der Waals surface area (Å²) in [5.41, 5.74) is 3.17. The minimum absolute atomic E-state index is 0.00989. The van der Waals surface area contributed by atoms with Crippen molar-refractivity contribution >= 4 is 23.6 Å². The largest absolute Gasteiger partial charge is 0.496 e. The number of anilines is 1. The maximum absolute atomic E-state index is 12.3. The SMILES string of the molecule is CCN(CC)C(=O)c1ccc(NC(=O)/C=C/c2cc(C)ccc2OC)cc1. The molecular formula is C22H26N2O3. The number of ether oxygens (including phenoxy) is 1. The number of carbonyl (C=O) groups is 2. The van der Waals surface area contributed by atoms with Crippen molar-refractivity contribution in [1.29, 1.82) is 0 Å². The zero-order chi connectivity index (χ0) is 19.8. The molecule has 2 aromatic carbocycles. The minimum atomic E-state index is -0.249. The molecule has 0 heterocycles. The van der Waals surface area contributed by atoms with Gasteiger partial charge in [-0.25, -0.2) is 0 Å². The van der Waals surface area contributed by atoms with E-state index >= 15 is 0 Å². The number of rotatable bonds is 7. The van der Waals surface area contributed by atoms with Crippen LogP contribution in [0, 0.1) is 6.92 Å². The van der Waals surface area contributed by atoms with Gasteiger partial charge in [-0.3, -0.25) is 9.59 Å². The van der Waals surface area contributed by atoms with Crippen LogP contribution in [0.3, 0.4) is 0 Å². The summed E-state index contributed by atoms with van der Waals surface area (Å²) >= 11 is 0. The van der Waals surface area contributed by atoms with Crippen molar-refractivity contribution in [2.45, 2.75) is 20.8 Å². The third-order valence-electron chi connectivity index (χ3n) is 4.25. The van der Waals surface area contributed by atoms with Gasteiger partial charge in [0, 0.05) is 36.0 Å². The Hall–Kier alpha value is -3.08. The number of amides is 2. The van der Waals surface area contributed by atoms with Gasteiger partial charge in [0.2, 0.25) is 5.91 Å². The Balaban J connectivity index is 2.04. The van der Waals surface area contributed by atoms with Crippen LogP contribution in [-0.2, 0) is 4.79 Å². The van der Waals surface area contributed by atoms with Gasteiger partial charge in [0.15, 0.2) is 0 Å². The Morgan fingerprint density at radius 2 is 1.74 bits per heavy atom. The summed E-state index contributed by atoms with van der Waals surface area (Å²) in [5.74, 6) is 0.453. The molecule has 2 rings (SSSR count). The quantitative estimate of drug-likeness (QED) is 0.749. The van der Waals surface area contributed by atoms with Gasteiger partial charge in [-0.2, -0.15) is 0 Å². The predicted molar refractivity (Wildman–Crippen MR) is 109 cm³/mol. The van der Waals surface area contributed by atoms with E-state index < -0.39 is 0 Å². The Labute approximate surface area is 160 Å². The van der Waals surface area contributed by atoms with Gasteiger partial charge in [0.25, 0.3) is 5.91 Å². The topological polar surface area (TPSA) is 58.6 Å². The molecule has 2 amide bonds. The molecule has 2 aromatic rings. The third kappa shape index (κ3) is 5.45. The summed E-state index contributed by atoms with van der Waals surface area (Å²) in [5, 5.41) is 2.80. The molecule has 1 N–H and O–H groups in total. The number of benzene rings is 2. The van der Waals surface area contributed by atoms with Crippen LogP contribution in [0.5, 0.6) is 5.75 Å². The average molecular weight is 366 g/mol. The summed E-state index contributed by atoms with van der Waals surface area (Å²) in [7, 11) is 1.60. The Morgan fingerprint density at radius 1 is 1.07 bits per heavy atom. The van der Waals surface area contributed by atoms with Crippen molar-refractivity contribution < 1.29 is 14.3 Å². The number of methoxy groups -OCH3 is 1. The Bertz CT molecular complexity index is 822. The van der Waals surface area contributed by atoms with Gasteiger partial charge < -0.3 is 15.0 Å². The summed E-state index contributed by atoms with van der Waals surface area (Å²) in [6.45, 7) is 7.22. The van der Waals surface area contributed by atoms with Gasteiger partial charge in [0.1, 0.15) is 5.75 Å². The first-order valence-electron chi connectivity index (χ1n) is 9.01. The molecule has 0 saturated heterocycles. The monoisotopic (exact) mass is 366 g/mol. The lowest BCUT2D eigenvalue weighted by molar-refractivity contribution is -0.111. The lowest BCUT2D eigenvalue weighted by atomic mass is 10.1. The van der Waals surface area contributed by atoms with Crippen LogP contribution in [0.1, 0.15) is 35.3 Å². The van der Waals surface area contributed by atoms with Crippen molar-refractivity contribution in [1.82, 2.24) is 4.90 Å². The minimum Gasteiger partial charge on any atom is -0.496 e. The molecule has 5 nitrogen and oxygen atoms in total. The van der Waals surface area contributed by atoms with Gasteiger partial charge in [-0.05, 0) is 63.2 Å². The van der Waals surface area contributed by atoms with Crippen LogP contribution >= 0.6 is 0 Å². The van der Waals surface area contributed by atoms with Crippen molar-refractivity contribution in [2.75, 3.05) is 25.5 Å². The second kappa shape index (κ2) is 9.57. The smallest absolute Gasteiger partial charge is 0.253 e. The highest BCUT2D eigenvalue weighted by atomic mass is 16.5. The van der Waals surface area contributed by atoms with Gasteiger partial charge in [-0.15, -0.1) is 0 Å². The first kappa shape index (κ1) is 20.2. The van der Waals surface area contributed by atoms with E-state index in [1.807, 2.05) is 39.0 Å².